The number of rotatable bonds is 4. The Balaban J connectivity index is 1.39. The van der Waals surface area contributed by atoms with Gasteiger partial charge in [0, 0.05) is 30.3 Å². The largest absolute Gasteiger partial charge is 0.324 e. The molecule has 1 aliphatic heterocycles. The van der Waals surface area contributed by atoms with Crippen LogP contribution >= 0.6 is 23.2 Å². The standard InChI is InChI=1S/C25H21Cl2N7O/c26-18-4-3-5-19(27)21(18)34-23(35)17-14-30-24(32-22(17)33-13-12-29-25(33)34)31-16-9-7-15(8-10-16)20-6-1-2-11-28-20/h3-5,7-10,12-14,20,28H,1-2,6,11H2,(H,30,31,32). The Hall–Kier alpha value is -3.46. The van der Waals surface area contributed by atoms with E-state index in [2.05, 4.69) is 37.7 Å². The van der Waals surface area contributed by atoms with Crippen molar-refractivity contribution >= 4 is 51.6 Å². The molecule has 1 aliphatic rings. The fourth-order valence-electron chi connectivity index (χ4n) is 4.57. The van der Waals surface area contributed by atoms with Gasteiger partial charge < -0.3 is 10.6 Å². The number of imidazole rings is 1. The maximum absolute atomic E-state index is 13.5. The Bertz CT molecular complexity index is 1580. The lowest BCUT2D eigenvalue weighted by Crippen LogP contribution is -2.26. The number of fused-ring (bicyclic) bond motifs is 3. The number of nitrogens with one attached hydrogen (secondary N) is 2. The SMILES string of the molecule is O=c1c2cnc(Nc3ccc(C4CCCCN4)cc3)nc2n2ccnc2n1-c1c(Cl)cccc1Cl. The van der Waals surface area contributed by atoms with Gasteiger partial charge in [0.1, 0.15) is 5.39 Å². The number of anilines is 2. The number of piperidine rings is 1. The summed E-state index contributed by atoms with van der Waals surface area (Å²) in [6.45, 7) is 1.06. The van der Waals surface area contributed by atoms with Crippen molar-refractivity contribution in [1.82, 2.24) is 29.2 Å². The minimum atomic E-state index is -0.357. The number of aromatic nitrogens is 5. The number of halogens is 2. The Morgan fingerprint density at radius 1 is 1.03 bits per heavy atom. The molecule has 1 saturated heterocycles. The van der Waals surface area contributed by atoms with E-state index in [0.717, 1.165) is 18.7 Å². The highest BCUT2D eigenvalue weighted by atomic mass is 35.5. The second-order valence-corrected chi connectivity index (χ2v) is 9.30. The van der Waals surface area contributed by atoms with Gasteiger partial charge in [-0.05, 0) is 49.2 Å². The number of hydrogen-bond donors (Lipinski definition) is 2. The van der Waals surface area contributed by atoms with Crippen molar-refractivity contribution in [3.63, 3.8) is 0 Å². The van der Waals surface area contributed by atoms with Crippen LogP contribution in [0.25, 0.3) is 22.5 Å². The summed E-state index contributed by atoms with van der Waals surface area (Å²) in [5.74, 6) is 0.732. The summed E-state index contributed by atoms with van der Waals surface area (Å²) in [4.78, 5) is 26.9. The molecule has 2 N–H and O–H groups in total. The van der Waals surface area contributed by atoms with Gasteiger partial charge in [-0.1, -0.05) is 47.8 Å². The molecule has 1 atom stereocenters. The first-order chi connectivity index (χ1) is 17.1. The first kappa shape index (κ1) is 22.0. The molecule has 3 aromatic heterocycles. The van der Waals surface area contributed by atoms with Crippen molar-refractivity contribution in [2.45, 2.75) is 25.3 Å². The maximum atomic E-state index is 13.5. The van der Waals surface area contributed by atoms with E-state index in [1.165, 1.54) is 29.2 Å². The van der Waals surface area contributed by atoms with Crippen LogP contribution in [0.1, 0.15) is 30.9 Å². The molecule has 0 spiro atoms. The van der Waals surface area contributed by atoms with Gasteiger partial charge in [-0.3, -0.25) is 9.20 Å². The van der Waals surface area contributed by atoms with Gasteiger partial charge in [0.2, 0.25) is 11.7 Å². The van der Waals surface area contributed by atoms with Crippen molar-refractivity contribution in [3.8, 4) is 5.69 Å². The summed E-state index contributed by atoms with van der Waals surface area (Å²) in [7, 11) is 0. The minimum absolute atomic E-state index is 0.316. The van der Waals surface area contributed by atoms with Crippen molar-refractivity contribution in [3.05, 3.63) is 87.0 Å². The normalized spacial score (nSPS) is 16.1. The summed E-state index contributed by atoms with van der Waals surface area (Å²) in [5.41, 5.74) is 2.58. The smallest absolute Gasteiger partial charge is 0.270 e. The van der Waals surface area contributed by atoms with Crippen LogP contribution in [0.3, 0.4) is 0 Å². The van der Waals surface area contributed by atoms with Gasteiger partial charge in [-0.2, -0.15) is 4.98 Å². The van der Waals surface area contributed by atoms with Crippen molar-refractivity contribution in [1.29, 1.82) is 0 Å². The molecule has 35 heavy (non-hydrogen) atoms. The monoisotopic (exact) mass is 505 g/mol. The highest BCUT2D eigenvalue weighted by molar-refractivity contribution is 6.37. The minimum Gasteiger partial charge on any atom is -0.324 e. The molecule has 0 radical (unpaired) electrons. The van der Waals surface area contributed by atoms with Crippen molar-refractivity contribution in [2.24, 2.45) is 0 Å². The molecular weight excluding hydrogens is 485 g/mol. The van der Waals surface area contributed by atoms with E-state index < -0.39 is 0 Å². The van der Waals surface area contributed by atoms with Gasteiger partial charge in [0.25, 0.3) is 5.56 Å². The Morgan fingerprint density at radius 2 is 1.83 bits per heavy atom. The van der Waals surface area contributed by atoms with Crippen LogP contribution in [0.4, 0.5) is 11.6 Å². The second-order valence-electron chi connectivity index (χ2n) is 8.49. The third kappa shape index (κ3) is 3.93. The van der Waals surface area contributed by atoms with Gasteiger partial charge >= 0.3 is 0 Å². The molecule has 0 saturated carbocycles. The second kappa shape index (κ2) is 8.96. The summed E-state index contributed by atoms with van der Waals surface area (Å²) in [6.07, 6.45) is 8.47. The average molecular weight is 506 g/mol. The molecule has 0 amide bonds. The van der Waals surface area contributed by atoms with Crippen LogP contribution in [-0.2, 0) is 0 Å². The summed E-state index contributed by atoms with van der Waals surface area (Å²) in [6, 6.07) is 13.8. The van der Waals surface area contributed by atoms with Crippen molar-refractivity contribution in [2.75, 3.05) is 11.9 Å². The molecule has 1 unspecified atom stereocenters. The third-order valence-corrected chi connectivity index (χ3v) is 6.90. The maximum Gasteiger partial charge on any atom is 0.270 e. The highest BCUT2D eigenvalue weighted by Crippen LogP contribution is 2.29. The molecule has 0 bridgehead atoms. The molecule has 5 aromatic rings. The molecular formula is C25H21Cl2N7O. The molecule has 6 rings (SSSR count). The van der Waals surface area contributed by atoms with Gasteiger partial charge in [0.15, 0.2) is 5.65 Å². The molecule has 8 nitrogen and oxygen atoms in total. The molecule has 4 heterocycles. The van der Waals surface area contributed by atoms with E-state index in [-0.39, 0.29) is 5.56 Å². The predicted octanol–water partition coefficient (Wildman–Crippen LogP) is 5.29. The van der Waals surface area contributed by atoms with Crippen LogP contribution in [0, 0.1) is 0 Å². The fraction of sp³-hybridized carbons (Fsp3) is 0.200. The van der Waals surface area contributed by atoms with E-state index in [1.807, 2.05) is 12.1 Å². The Labute approximate surface area is 210 Å². The van der Waals surface area contributed by atoms with E-state index in [4.69, 9.17) is 23.2 Å². The van der Waals surface area contributed by atoms with E-state index in [9.17, 15) is 4.79 Å². The van der Waals surface area contributed by atoms with Crippen LogP contribution < -0.4 is 16.2 Å². The summed E-state index contributed by atoms with van der Waals surface area (Å²) in [5, 5.41) is 7.81. The molecule has 2 aromatic carbocycles. The average Bonchev–Trinajstić information content (AvgIpc) is 3.37. The van der Waals surface area contributed by atoms with Gasteiger partial charge in [-0.15, -0.1) is 0 Å². The lowest BCUT2D eigenvalue weighted by molar-refractivity contribution is 0.412. The molecule has 10 heteroatoms. The van der Waals surface area contributed by atoms with Crippen LogP contribution in [-0.4, -0.2) is 30.5 Å². The molecule has 1 fully saturated rings. The number of nitrogens with zero attached hydrogens (tertiary/aromatic N) is 5. The first-order valence-electron chi connectivity index (χ1n) is 11.4. The zero-order chi connectivity index (χ0) is 23.9. The third-order valence-electron chi connectivity index (χ3n) is 6.29. The van der Waals surface area contributed by atoms with Crippen LogP contribution in [0.2, 0.25) is 10.0 Å². The van der Waals surface area contributed by atoms with E-state index >= 15 is 0 Å². The molecule has 0 aliphatic carbocycles. The van der Waals surface area contributed by atoms with Crippen LogP contribution in [0.5, 0.6) is 0 Å². The Morgan fingerprint density at radius 3 is 2.57 bits per heavy atom. The number of benzene rings is 2. The van der Waals surface area contributed by atoms with Crippen molar-refractivity contribution < 1.29 is 0 Å². The lowest BCUT2D eigenvalue weighted by atomic mass is 9.97. The number of hydrogen-bond acceptors (Lipinski definition) is 6. The van der Waals surface area contributed by atoms with E-state index in [0.29, 0.717) is 44.5 Å². The van der Waals surface area contributed by atoms with Gasteiger partial charge in [0.05, 0.1) is 15.7 Å². The summed E-state index contributed by atoms with van der Waals surface area (Å²) >= 11 is 12.8. The highest BCUT2D eigenvalue weighted by Gasteiger charge is 2.19. The fourth-order valence-corrected chi connectivity index (χ4v) is 5.14. The van der Waals surface area contributed by atoms with Gasteiger partial charge in [-0.25, -0.2) is 14.5 Å². The number of para-hydroxylation sites is 1. The molecule has 176 valence electrons. The van der Waals surface area contributed by atoms with E-state index in [1.54, 1.807) is 35.0 Å². The lowest BCUT2D eigenvalue weighted by Gasteiger charge is -2.24. The first-order valence-corrected chi connectivity index (χ1v) is 12.2. The summed E-state index contributed by atoms with van der Waals surface area (Å²) < 4.78 is 3.11. The quantitative estimate of drug-likeness (QED) is 0.344. The predicted molar refractivity (Wildman–Crippen MR) is 138 cm³/mol. The zero-order valence-electron chi connectivity index (χ0n) is 18.6. The van der Waals surface area contributed by atoms with Crippen LogP contribution in [0.15, 0.2) is 65.8 Å². The zero-order valence-corrected chi connectivity index (χ0v) is 20.1. The Kier molecular flexibility index (Phi) is 5.64. The topological polar surface area (TPSA) is 89.1 Å².